The van der Waals surface area contributed by atoms with Gasteiger partial charge in [-0.15, -0.1) is 0 Å². The average Bonchev–Trinajstić information content (AvgIpc) is 3.43. The van der Waals surface area contributed by atoms with Crippen LogP contribution >= 0.6 is 31.9 Å². The van der Waals surface area contributed by atoms with Crippen molar-refractivity contribution in [2.45, 2.75) is 0 Å². The lowest BCUT2D eigenvalue weighted by Gasteiger charge is -2.21. The molecule has 0 N–H and O–H groups in total. The topological polar surface area (TPSA) is 0 Å². The Morgan fingerprint density at radius 1 is 0.283 bits per heavy atom. The molecule has 1 aliphatic carbocycles. The summed E-state index contributed by atoms with van der Waals surface area (Å²) in [6, 6.07) is 57.7. The van der Waals surface area contributed by atoms with E-state index >= 15 is 0 Å². The van der Waals surface area contributed by atoms with Crippen molar-refractivity contribution in [2.24, 2.45) is 0 Å². The van der Waals surface area contributed by atoms with Gasteiger partial charge in [0.05, 0.1) is 0 Å². The molecule has 0 saturated heterocycles. The zero-order valence-electron chi connectivity index (χ0n) is 24.8. The van der Waals surface area contributed by atoms with Crippen molar-refractivity contribution in [2.75, 3.05) is 0 Å². The highest BCUT2D eigenvalue weighted by molar-refractivity contribution is 9.10. The van der Waals surface area contributed by atoms with Gasteiger partial charge in [-0.25, -0.2) is 0 Å². The van der Waals surface area contributed by atoms with Gasteiger partial charge >= 0.3 is 0 Å². The van der Waals surface area contributed by atoms with E-state index in [0.717, 1.165) is 8.95 Å². The SMILES string of the molecule is Brc1cccc(-c2ccc3c(-c4ccccc4)c4c(c(-c5ccccc5)c3c2)-c2cccc3c(-c5cccc(Br)c5)ccc-4c23)c1. The van der Waals surface area contributed by atoms with Crippen molar-refractivity contribution in [1.82, 2.24) is 0 Å². The number of benzene rings is 8. The highest BCUT2D eigenvalue weighted by Crippen LogP contribution is 2.58. The van der Waals surface area contributed by atoms with Gasteiger partial charge in [-0.05, 0) is 119 Å². The number of fused-ring (bicyclic) bond motifs is 4. The molecule has 0 atom stereocenters. The highest BCUT2D eigenvalue weighted by atomic mass is 79.9. The Hall–Kier alpha value is -4.76. The van der Waals surface area contributed by atoms with E-state index in [1.165, 1.54) is 88.3 Å². The van der Waals surface area contributed by atoms with Crippen LogP contribution in [0.4, 0.5) is 0 Å². The standard InChI is InChI=1S/C44H26Br2/c45-32-16-7-14-29(24-32)30-20-21-36-39(26-30)41(28-12-5-2-6-13-28)43-37-19-9-18-35-34(31-15-8-17-33(46)25-31)22-23-38(42(35)37)44(43)40(36)27-10-3-1-4-11-27/h1-26H. The van der Waals surface area contributed by atoms with Gasteiger partial charge in [0.15, 0.2) is 0 Å². The molecule has 1 aliphatic rings. The molecular formula is C44H26Br2. The predicted octanol–water partition coefficient (Wildman–Crippen LogP) is 13.8. The zero-order chi connectivity index (χ0) is 30.8. The van der Waals surface area contributed by atoms with Crippen LogP contribution in [0.25, 0.3) is 88.3 Å². The first kappa shape index (κ1) is 27.5. The van der Waals surface area contributed by atoms with Gasteiger partial charge < -0.3 is 0 Å². The first-order chi connectivity index (χ1) is 22.7. The molecule has 0 saturated carbocycles. The van der Waals surface area contributed by atoms with E-state index in [9.17, 15) is 0 Å². The van der Waals surface area contributed by atoms with Crippen molar-refractivity contribution in [3.8, 4) is 66.8 Å². The lowest BCUT2D eigenvalue weighted by Crippen LogP contribution is -1.94. The van der Waals surface area contributed by atoms with Gasteiger partial charge in [-0.1, -0.05) is 159 Å². The second-order valence-corrected chi connectivity index (χ2v) is 13.7. The minimum absolute atomic E-state index is 1.08. The molecule has 8 aromatic rings. The predicted molar refractivity (Wildman–Crippen MR) is 203 cm³/mol. The second-order valence-electron chi connectivity index (χ2n) is 11.9. The minimum Gasteiger partial charge on any atom is -0.0622 e. The van der Waals surface area contributed by atoms with E-state index in [2.05, 4.69) is 190 Å². The van der Waals surface area contributed by atoms with Gasteiger partial charge in [0.2, 0.25) is 0 Å². The quantitative estimate of drug-likeness (QED) is 0.170. The number of rotatable bonds is 4. The molecule has 0 spiro atoms. The molecule has 9 rings (SSSR count). The molecule has 0 nitrogen and oxygen atoms in total. The molecule has 0 heterocycles. The molecule has 2 heteroatoms. The summed E-state index contributed by atoms with van der Waals surface area (Å²) in [5, 5.41) is 5.13. The molecule has 46 heavy (non-hydrogen) atoms. The van der Waals surface area contributed by atoms with E-state index in [4.69, 9.17) is 0 Å². The van der Waals surface area contributed by atoms with E-state index in [-0.39, 0.29) is 0 Å². The monoisotopic (exact) mass is 712 g/mol. The van der Waals surface area contributed by atoms with Crippen molar-refractivity contribution in [3.05, 3.63) is 167 Å². The fourth-order valence-corrected chi connectivity index (χ4v) is 8.21. The Morgan fingerprint density at radius 2 is 0.804 bits per heavy atom. The summed E-state index contributed by atoms with van der Waals surface area (Å²) in [7, 11) is 0. The van der Waals surface area contributed by atoms with E-state index in [1.807, 2.05) is 0 Å². The third-order valence-corrected chi connectivity index (χ3v) is 10.3. The number of halogens is 2. The Kier molecular flexibility index (Phi) is 6.55. The van der Waals surface area contributed by atoms with Gasteiger partial charge in [0.25, 0.3) is 0 Å². The molecule has 216 valence electrons. The summed E-state index contributed by atoms with van der Waals surface area (Å²) in [6.45, 7) is 0. The molecular weight excluding hydrogens is 688 g/mol. The van der Waals surface area contributed by atoms with Gasteiger partial charge in [-0.2, -0.15) is 0 Å². The van der Waals surface area contributed by atoms with Crippen LogP contribution in [-0.2, 0) is 0 Å². The van der Waals surface area contributed by atoms with E-state index in [1.54, 1.807) is 0 Å². The van der Waals surface area contributed by atoms with Crippen molar-refractivity contribution >= 4 is 53.4 Å². The summed E-state index contributed by atoms with van der Waals surface area (Å²) in [5.41, 5.74) is 15.1. The first-order valence-corrected chi connectivity index (χ1v) is 17.1. The summed E-state index contributed by atoms with van der Waals surface area (Å²) in [5.74, 6) is 0. The highest BCUT2D eigenvalue weighted by Gasteiger charge is 2.31. The average molecular weight is 715 g/mol. The van der Waals surface area contributed by atoms with Crippen LogP contribution in [0.1, 0.15) is 0 Å². The van der Waals surface area contributed by atoms with Crippen LogP contribution in [0.15, 0.2) is 167 Å². The lowest BCUT2D eigenvalue weighted by molar-refractivity contribution is 1.59. The molecule has 0 radical (unpaired) electrons. The maximum Gasteiger partial charge on any atom is 0.0181 e. The van der Waals surface area contributed by atoms with Crippen molar-refractivity contribution < 1.29 is 0 Å². The zero-order valence-corrected chi connectivity index (χ0v) is 27.9. The molecule has 0 bridgehead atoms. The van der Waals surface area contributed by atoms with Gasteiger partial charge in [0, 0.05) is 8.95 Å². The largest absolute Gasteiger partial charge is 0.0622 e. The first-order valence-electron chi connectivity index (χ1n) is 15.5. The molecule has 0 aromatic heterocycles. The lowest BCUT2D eigenvalue weighted by atomic mass is 9.82. The van der Waals surface area contributed by atoms with Crippen molar-refractivity contribution in [1.29, 1.82) is 0 Å². The molecule has 8 aromatic carbocycles. The fraction of sp³-hybridized carbons (Fsp3) is 0. The van der Waals surface area contributed by atoms with Crippen LogP contribution in [-0.4, -0.2) is 0 Å². The maximum atomic E-state index is 3.71. The summed E-state index contributed by atoms with van der Waals surface area (Å²) in [4.78, 5) is 0. The smallest absolute Gasteiger partial charge is 0.0181 e. The Bertz CT molecular complexity index is 2480. The maximum absolute atomic E-state index is 3.71. The molecule has 0 aliphatic heterocycles. The van der Waals surface area contributed by atoms with Crippen LogP contribution in [0.2, 0.25) is 0 Å². The third-order valence-electron chi connectivity index (χ3n) is 9.31. The van der Waals surface area contributed by atoms with Crippen LogP contribution < -0.4 is 0 Å². The molecule has 0 unspecified atom stereocenters. The minimum atomic E-state index is 1.08. The molecule has 0 amide bonds. The summed E-state index contributed by atoms with van der Waals surface area (Å²) >= 11 is 7.41. The summed E-state index contributed by atoms with van der Waals surface area (Å²) < 4.78 is 2.16. The number of hydrogen-bond donors (Lipinski definition) is 0. The Labute approximate surface area is 285 Å². The van der Waals surface area contributed by atoms with Crippen LogP contribution in [0.3, 0.4) is 0 Å². The third kappa shape index (κ3) is 4.32. The summed E-state index contributed by atoms with van der Waals surface area (Å²) in [6.07, 6.45) is 0. The van der Waals surface area contributed by atoms with E-state index in [0.29, 0.717) is 0 Å². The van der Waals surface area contributed by atoms with Gasteiger partial charge in [0.1, 0.15) is 0 Å². The van der Waals surface area contributed by atoms with E-state index < -0.39 is 0 Å². The second kappa shape index (κ2) is 10.9. The fourth-order valence-electron chi connectivity index (χ4n) is 7.42. The normalized spacial score (nSPS) is 11.7. The van der Waals surface area contributed by atoms with Crippen LogP contribution in [0.5, 0.6) is 0 Å². The Morgan fingerprint density at radius 3 is 1.48 bits per heavy atom. The van der Waals surface area contributed by atoms with Crippen LogP contribution in [0, 0.1) is 0 Å². The van der Waals surface area contributed by atoms with Gasteiger partial charge in [-0.3, -0.25) is 0 Å². The Balaban J connectivity index is 1.46. The molecule has 0 fully saturated rings. The number of hydrogen-bond acceptors (Lipinski definition) is 0. The van der Waals surface area contributed by atoms with Crippen molar-refractivity contribution in [3.63, 3.8) is 0 Å².